The van der Waals surface area contributed by atoms with E-state index >= 15 is 0 Å². The quantitative estimate of drug-likeness (QED) is 0.429. The molecular weight excluding hydrogens is 506 g/mol. The fourth-order valence-electron chi connectivity index (χ4n) is 4.71. The summed E-state index contributed by atoms with van der Waals surface area (Å²) in [6.07, 6.45) is 7.75. The van der Waals surface area contributed by atoms with E-state index in [-0.39, 0.29) is 12.1 Å². The Labute approximate surface area is 235 Å². The van der Waals surface area contributed by atoms with Crippen molar-refractivity contribution in [3.8, 4) is 11.8 Å². The summed E-state index contributed by atoms with van der Waals surface area (Å²) in [5.41, 5.74) is 8.78. The first kappa shape index (κ1) is 28.6. The van der Waals surface area contributed by atoms with Crippen molar-refractivity contribution >= 4 is 22.9 Å². The lowest BCUT2D eigenvalue weighted by Crippen LogP contribution is -2.42. The molecule has 40 heavy (non-hydrogen) atoms. The third-order valence-electron chi connectivity index (χ3n) is 6.70. The molecule has 0 aliphatic carbocycles. The molecular formula is C30H37N7O3. The van der Waals surface area contributed by atoms with Gasteiger partial charge in [0.25, 0.3) is 0 Å². The average Bonchev–Trinajstić information content (AvgIpc) is 3.32. The Morgan fingerprint density at radius 3 is 2.55 bits per heavy atom. The zero-order valence-electron chi connectivity index (χ0n) is 24.0. The van der Waals surface area contributed by atoms with Gasteiger partial charge in [-0.2, -0.15) is 10.4 Å². The van der Waals surface area contributed by atoms with E-state index in [2.05, 4.69) is 16.2 Å². The summed E-state index contributed by atoms with van der Waals surface area (Å²) in [5.74, 6) is 0.486. The van der Waals surface area contributed by atoms with Gasteiger partial charge in [-0.25, -0.2) is 9.31 Å². The Balaban J connectivity index is 1.60. The maximum absolute atomic E-state index is 12.4. The van der Waals surface area contributed by atoms with Crippen LogP contribution in [-0.4, -0.2) is 56.0 Å². The SMILES string of the molecule is CC(=NC1CCN(C(=O)OC(C)(C)C)CC1)/C(=C\N)c1cc(OC(C)(C)c2ccccn2)c2c(C#N)cnn2c1. The van der Waals surface area contributed by atoms with Gasteiger partial charge in [-0.3, -0.25) is 9.98 Å². The second kappa shape index (κ2) is 11.4. The lowest BCUT2D eigenvalue weighted by atomic mass is 10.0. The van der Waals surface area contributed by atoms with Crippen molar-refractivity contribution in [3.63, 3.8) is 0 Å². The third kappa shape index (κ3) is 6.42. The van der Waals surface area contributed by atoms with Crippen molar-refractivity contribution in [1.29, 1.82) is 5.26 Å². The maximum atomic E-state index is 12.4. The van der Waals surface area contributed by atoms with Gasteiger partial charge >= 0.3 is 6.09 Å². The smallest absolute Gasteiger partial charge is 0.410 e. The van der Waals surface area contributed by atoms with Crippen LogP contribution < -0.4 is 10.5 Å². The van der Waals surface area contributed by atoms with Gasteiger partial charge in [-0.15, -0.1) is 0 Å². The number of nitrogens with zero attached hydrogens (tertiary/aromatic N) is 6. The largest absolute Gasteiger partial charge is 0.479 e. The topological polar surface area (TPSA) is 131 Å². The Hall–Kier alpha value is -4.39. The molecule has 4 heterocycles. The second-order valence-corrected chi connectivity index (χ2v) is 11.4. The molecule has 1 fully saturated rings. The number of likely N-dealkylation sites (tertiary alicyclic amines) is 1. The summed E-state index contributed by atoms with van der Waals surface area (Å²) in [7, 11) is 0. The Kier molecular flexibility index (Phi) is 8.14. The number of hydrogen-bond acceptors (Lipinski definition) is 8. The predicted molar refractivity (Wildman–Crippen MR) is 154 cm³/mol. The molecule has 210 valence electrons. The number of piperidine rings is 1. The molecule has 0 aromatic carbocycles. The van der Waals surface area contributed by atoms with Crippen LogP contribution in [-0.2, 0) is 10.3 Å². The van der Waals surface area contributed by atoms with Crippen LogP contribution in [0, 0.1) is 11.3 Å². The molecule has 10 heteroatoms. The second-order valence-electron chi connectivity index (χ2n) is 11.4. The highest BCUT2D eigenvalue weighted by atomic mass is 16.6. The van der Waals surface area contributed by atoms with Crippen LogP contribution in [0.3, 0.4) is 0 Å². The highest BCUT2D eigenvalue weighted by Gasteiger charge is 2.28. The van der Waals surface area contributed by atoms with Crippen molar-refractivity contribution < 1.29 is 14.3 Å². The van der Waals surface area contributed by atoms with Gasteiger partial charge in [0.15, 0.2) is 0 Å². The van der Waals surface area contributed by atoms with Crippen LogP contribution in [0.25, 0.3) is 11.1 Å². The molecule has 0 atom stereocenters. The lowest BCUT2D eigenvalue weighted by Gasteiger charge is -2.32. The molecule has 10 nitrogen and oxygen atoms in total. The summed E-state index contributed by atoms with van der Waals surface area (Å²) in [5, 5.41) is 14.1. The van der Waals surface area contributed by atoms with E-state index in [1.54, 1.807) is 15.6 Å². The standard InChI is InChI=1S/C30H37N7O3/c1-20(35-23-10-13-36(14-11-23)28(38)40-29(2,3)4)24(17-32)21-15-25(27-22(16-31)18-34-37(27)19-21)39-30(5,6)26-9-7-8-12-33-26/h7-9,12,15,17-19,23H,10-11,13-14,32H2,1-6H3/b24-17+,35-20?. The molecule has 0 radical (unpaired) electrons. The number of allylic oxidation sites excluding steroid dienone is 1. The monoisotopic (exact) mass is 543 g/mol. The van der Waals surface area contributed by atoms with E-state index in [4.69, 9.17) is 20.2 Å². The van der Waals surface area contributed by atoms with E-state index in [0.717, 1.165) is 35.4 Å². The van der Waals surface area contributed by atoms with E-state index in [1.165, 1.54) is 12.4 Å². The van der Waals surface area contributed by atoms with Gasteiger partial charge in [0.05, 0.1) is 17.9 Å². The molecule has 3 aromatic heterocycles. The molecule has 0 spiro atoms. The summed E-state index contributed by atoms with van der Waals surface area (Å²) < 4.78 is 13.6. The van der Waals surface area contributed by atoms with Crippen LogP contribution >= 0.6 is 0 Å². The summed E-state index contributed by atoms with van der Waals surface area (Å²) >= 11 is 0. The molecule has 1 aliphatic rings. The number of carbonyl (C=O) groups is 1. The Morgan fingerprint density at radius 1 is 1.23 bits per heavy atom. The number of aliphatic imine (C=N–C) groups is 1. The minimum Gasteiger partial charge on any atom is -0.479 e. The van der Waals surface area contributed by atoms with Gasteiger partial charge in [0.2, 0.25) is 0 Å². The first-order valence-electron chi connectivity index (χ1n) is 13.4. The van der Waals surface area contributed by atoms with Gasteiger partial charge in [0.1, 0.15) is 34.1 Å². The number of nitrogens with two attached hydrogens (primary N) is 1. The minimum absolute atomic E-state index is 0.0473. The van der Waals surface area contributed by atoms with Crippen molar-refractivity contribution in [1.82, 2.24) is 19.5 Å². The summed E-state index contributed by atoms with van der Waals surface area (Å²) in [6, 6.07) is 9.78. The van der Waals surface area contributed by atoms with E-state index in [0.29, 0.717) is 29.9 Å². The molecule has 4 rings (SSSR count). The molecule has 1 aliphatic heterocycles. The molecule has 2 N–H and O–H groups in total. The molecule has 0 saturated carbocycles. The van der Waals surface area contributed by atoms with Crippen molar-refractivity contribution in [2.75, 3.05) is 13.1 Å². The molecule has 1 amide bonds. The summed E-state index contributed by atoms with van der Waals surface area (Å²) in [4.78, 5) is 23.6. The van der Waals surface area contributed by atoms with Gasteiger partial charge in [-0.1, -0.05) is 6.07 Å². The number of rotatable bonds is 6. The summed E-state index contributed by atoms with van der Waals surface area (Å²) in [6.45, 7) is 12.5. The van der Waals surface area contributed by atoms with E-state index < -0.39 is 11.2 Å². The number of nitriles is 1. The normalized spacial score (nSPS) is 15.7. The van der Waals surface area contributed by atoms with E-state index in [1.807, 2.05) is 72.0 Å². The number of pyridine rings is 2. The number of carbonyl (C=O) groups excluding carboxylic acids is 1. The van der Waals surface area contributed by atoms with Gasteiger partial charge < -0.3 is 20.1 Å². The van der Waals surface area contributed by atoms with E-state index in [9.17, 15) is 10.1 Å². The van der Waals surface area contributed by atoms with Crippen LogP contribution in [0.5, 0.6) is 5.75 Å². The maximum Gasteiger partial charge on any atom is 0.410 e. The molecule has 0 unspecified atom stereocenters. The fraction of sp³-hybridized carbons (Fsp3) is 0.433. The van der Waals surface area contributed by atoms with Crippen molar-refractivity contribution in [2.45, 2.75) is 71.6 Å². The highest BCUT2D eigenvalue weighted by molar-refractivity contribution is 6.22. The number of ether oxygens (including phenoxy) is 2. The minimum atomic E-state index is -0.783. The van der Waals surface area contributed by atoms with Crippen LogP contribution in [0.4, 0.5) is 4.79 Å². The van der Waals surface area contributed by atoms with Crippen LogP contribution in [0.2, 0.25) is 0 Å². The third-order valence-corrected chi connectivity index (χ3v) is 6.70. The first-order valence-corrected chi connectivity index (χ1v) is 13.4. The lowest BCUT2D eigenvalue weighted by molar-refractivity contribution is 0.0207. The Bertz CT molecular complexity index is 1470. The van der Waals surface area contributed by atoms with Crippen LogP contribution in [0.15, 0.2) is 54.0 Å². The number of aromatic nitrogens is 3. The average molecular weight is 544 g/mol. The number of fused-ring (bicyclic) bond motifs is 1. The molecule has 3 aromatic rings. The van der Waals surface area contributed by atoms with Crippen LogP contribution in [0.1, 0.15) is 71.2 Å². The first-order chi connectivity index (χ1) is 18.9. The molecule has 1 saturated heterocycles. The highest BCUT2D eigenvalue weighted by Crippen LogP contribution is 2.34. The fourth-order valence-corrected chi connectivity index (χ4v) is 4.71. The number of amides is 1. The Morgan fingerprint density at radius 2 is 1.95 bits per heavy atom. The zero-order valence-corrected chi connectivity index (χ0v) is 24.0. The number of hydrogen-bond donors (Lipinski definition) is 1. The predicted octanol–water partition coefficient (Wildman–Crippen LogP) is 5.08. The van der Waals surface area contributed by atoms with Crippen molar-refractivity contribution in [2.24, 2.45) is 10.7 Å². The zero-order chi connectivity index (χ0) is 29.1. The van der Waals surface area contributed by atoms with Crippen molar-refractivity contribution in [3.05, 3.63) is 65.9 Å². The van der Waals surface area contributed by atoms with Gasteiger partial charge in [0, 0.05) is 48.5 Å². The van der Waals surface area contributed by atoms with Gasteiger partial charge in [-0.05, 0) is 72.6 Å². The molecule has 0 bridgehead atoms.